The second-order valence-electron chi connectivity index (χ2n) is 9.61. The summed E-state index contributed by atoms with van der Waals surface area (Å²) in [6.07, 6.45) is 0. The van der Waals surface area contributed by atoms with Crippen molar-refractivity contribution >= 4 is 40.6 Å². The fourth-order valence-corrected chi connectivity index (χ4v) is 6.01. The maximum Gasteiger partial charge on any atom is 0.355 e. The van der Waals surface area contributed by atoms with Gasteiger partial charge in [-0.2, -0.15) is 5.26 Å². The molecule has 1 unspecified atom stereocenters. The average molecular weight is 584 g/mol. The molecule has 1 amide bonds. The topological polar surface area (TPSA) is 129 Å². The summed E-state index contributed by atoms with van der Waals surface area (Å²) in [6, 6.07) is 22.0. The lowest BCUT2D eigenvalue weighted by Gasteiger charge is -2.37. The third-order valence-corrected chi connectivity index (χ3v) is 8.24. The number of nitrogens with two attached hydrogens (primary N) is 1. The van der Waals surface area contributed by atoms with Gasteiger partial charge in [-0.05, 0) is 41.3 Å². The normalized spacial score (nSPS) is 17.2. The molecule has 0 spiro atoms. The van der Waals surface area contributed by atoms with Crippen LogP contribution in [-0.2, 0) is 19.1 Å². The smallest absolute Gasteiger partial charge is 0.355 e. The summed E-state index contributed by atoms with van der Waals surface area (Å²) >= 11 is 1.44. The number of amides is 1. The molecule has 0 aliphatic carbocycles. The van der Waals surface area contributed by atoms with Crippen LogP contribution in [0.15, 0.2) is 94.8 Å². The number of nitrogens with zero attached hydrogens (tertiary/aromatic N) is 4. The molecule has 3 aromatic rings. The Labute approximate surface area is 247 Å². The van der Waals surface area contributed by atoms with Crippen LogP contribution in [0.3, 0.4) is 0 Å². The second kappa shape index (κ2) is 12.2. The number of thiophene rings is 1. The average Bonchev–Trinajstić information content (AvgIpc) is 3.59. The van der Waals surface area contributed by atoms with E-state index in [0.29, 0.717) is 37.4 Å². The maximum atomic E-state index is 13.3. The van der Waals surface area contributed by atoms with Crippen molar-refractivity contribution in [3.8, 4) is 6.07 Å². The lowest BCUT2D eigenvalue weighted by molar-refractivity contribution is -0.139. The molecule has 3 heterocycles. The van der Waals surface area contributed by atoms with Crippen LogP contribution in [0.2, 0.25) is 0 Å². The first-order valence-corrected chi connectivity index (χ1v) is 14.1. The predicted molar refractivity (Wildman–Crippen MR) is 158 cm³/mol. The van der Waals surface area contributed by atoms with E-state index in [9.17, 15) is 19.6 Å². The molecule has 11 heteroatoms. The van der Waals surface area contributed by atoms with Crippen molar-refractivity contribution in [1.82, 2.24) is 4.90 Å². The number of hydrogen-bond donors (Lipinski definition) is 1. The summed E-state index contributed by atoms with van der Waals surface area (Å²) in [7, 11) is 2.43. The molecule has 2 aliphatic heterocycles. The molecule has 2 N–H and O–H groups in total. The maximum absolute atomic E-state index is 13.3. The van der Waals surface area contributed by atoms with Crippen molar-refractivity contribution in [3.63, 3.8) is 0 Å². The van der Waals surface area contributed by atoms with Gasteiger partial charge in [0.05, 0.1) is 42.2 Å². The molecule has 0 saturated carbocycles. The van der Waals surface area contributed by atoms with Crippen molar-refractivity contribution in [3.05, 3.63) is 105 Å². The number of ether oxygens (including phenoxy) is 2. The summed E-state index contributed by atoms with van der Waals surface area (Å²) in [5.41, 5.74) is 8.50. The van der Waals surface area contributed by atoms with E-state index in [4.69, 9.17) is 15.2 Å². The largest absolute Gasteiger partial charge is 0.466 e. The first-order valence-electron chi connectivity index (χ1n) is 13.2. The molecule has 214 valence electrons. The molecule has 1 atom stereocenters. The number of esters is 2. The Kier molecular flexibility index (Phi) is 8.26. The molecule has 2 aromatic carbocycles. The van der Waals surface area contributed by atoms with Gasteiger partial charge in [0.2, 0.25) is 0 Å². The minimum Gasteiger partial charge on any atom is -0.466 e. The van der Waals surface area contributed by atoms with Gasteiger partial charge < -0.3 is 25.0 Å². The van der Waals surface area contributed by atoms with E-state index < -0.39 is 17.9 Å². The zero-order valence-corrected chi connectivity index (χ0v) is 24.0. The van der Waals surface area contributed by atoms with Crippen LogP contribution in [0, 0.1) is 11.3 Å². The summed E-state index contributed by atoms with van der Waals surface area (Å²) in [6.45, 7) is 2.48. The number of anilines is 2. The van der Waals surface area contributed by atoms with Crippen LogP contribution in [0.1, 0.15) is 21.2 Å². The van der Waals surface area contributed by atoms with E-state index in [-0.39, 0.29) is 28.6 Å². The zero-order valence-electron chi connectivity index (χ0n) is 23.1. The molecular weight excluding hydrogens is 554 g/mol. The van der Waals surface area contributed by atoms with E-state index in [2.05, 4.69) is 11.0 Å². The second-order valence-corrected chi connectivity index (χ2v) is 10.6. The van der Waals surface area contributed by atoms with Gasteiger partial charge in [-0.25, -0.2) is 9.59 Å². The number of allylic oxidation sites excluding steroid dienone is 1. The number of carbonyl (C=O) groups is 3. The number of carbonyl (C=O) groups excluding carboxylic acids is 3. The van der Waals surface area contributed by atoms with Crippen molar-refractivity contribution < 1.29 is 23.9 Å². The molecule has 10 nitrogen and oxygen atoms in total. The standard InChI is InChI=1S/C31H29N5O5S/c1-40-30(38)26-25(20-7-4-3-5-8-20)23(19-32)28(33)36(27(26)31(39)41-2)22-12-10-21(11-13-22)34-14-16-35(17-15-34)29(37)24-9-6-18-42-24/h3-13,18,25H,14-17,33H2,1-2H3. The fraction of sp³-hybridized carbons (Fsp3) is 0.226. The van der Waals surface area contributed by atoms with Crippen molar-refractivity contribution in [2.24, 2.45) is 5.73 Å². The van der Waals surface area contributed by atoms with Crippen molar-refractivity contribution in [2.45, 2.75) is 5.92 Å². The van der Waals surface area contributed by atoms with Crippen molar-refractivity contribution in [1.29, 1.82) is 5.26 Å². The number of rotatable bonds is 6. The summed E-state index contributed by atoms with van der Waals surface area (Å²) in [5, 5.41) is 12.1. The van der Waals surface area contributed by atoms with E-state index in [1.807, 2.05) is 40.6 Å². The number of methoxy groups -OCH3 is 2. The lowest BCUT2D eigenvalue weighted by Crippen LogP contribution is -2.48. The molecule has 0 radical (unpaired) electrons. The van der Waals surface area contributed by atoms with Gasteiger partial charge in [-0.3, -0.25) is 9.69 Å². The van der Waals surface area contributed by atoms with E-state index in [1.165, 1.54) is 30.5 Å². The molecular formula is C31H29N5O5S. The van der Waals surface area contributed by atoms with Gasteiger partial charge >= 0.3 is 11.9 Å². The highest BCUT2D eigenvalue weighted by molar-refractivity contribution is 7.12. The van der Waals surface area contributed by atoms with Crippen LogP contribution in [-0.4, -0.2) is 63.1 Å². The van der Waals surface area contributed by atoms with E-state index in [0.717, 1.165) is 10.6 Å². The molecule has 42 heavy (non-hydrogen) atoms. The lowest BCUT2D eigenvalue weighted by atomic mass is 9.81. The predicted octanol–water partition coefficient (Wildman–Crippen LogP) is 3.61. The van der Waals surface area contributed by atoms with Crippen LogP contribution in [0.4, 0.5) is 11.4 Å². The van der Waals surface area contributed by atoms with E-state index >= 15 is 0 Å². The molecule has 0 bridgehead atoms. The summed E-state index contributed by atoms with van der Waals surface area (Å²) in [4.78, 5) is 45.3. The molecule has 5 rings (SSSR count). The Hall–Kier alpha value is -5.08. The Morgan fingerprint density at radius 3 is 2.10 bits per heavy atom. The highest BCUT2D eigenvalue weighted by atomic mass is 32.1. The molecule has 2 aliphatic rings. The van der Waals surface area contributed by atoms with Crippen LogP contribution in [0.25, 0.3) is 0 Å². The van der Waals surface area contributed by atoms with Gasteiger partial charge in [-0.1, -0.05) is 36.4 Å². The van der Waals surface area contributed by atoms with Gasteiger partial charge in [0.25, 0.3) is 5.91 Å². The minimum atomic E-state index is -0.929. The van der Waals surface area contributed by atoms with Gasteiger partial charge in [-0.15, -0.1) is 11.3 Å². The molecule has 1 aromatic heterocycles. The van der Waals surface area contributed by atoms with Gasteiger partial charge in [0.1, 0.15) is 11.5 Å². The molecule has 1 saturated heterocycles. The van der Waals surface area contributed by atoms with E-state index in [1.54, 1.807) is 36.4 Å². The molecule has 1 fully saturated rings. The quantitative estimate of drug-likeness (QED) is 0.433. The Bertz CT molecular complexity index is 1580. The Balaban J connectivity index is 1.48. The monoisotopic (exact) mass is 583 g/mol. The number of hydrogen-bond acceptors (Lipinski definition) is 10. The summed E-state index contributed by atoms with van der Waals surface area (Å²) in [5.74, 6) is -2.46. The number of piperazine rings is 1. The third kappa shape index (κ3) is 5.20. The zero-order chi connectivity index (χ0) is 29.8. The SMILES string of the molecule is COC(=O)C1=C(C(=O)OC)N(c2ccc(N3CCN(C(=O)c4cccs4)CC3)cc2)C(N)=C(C#N)C1c1ccccc1. The first-order chi connectivity index (χ1) is 20.4. The van der Waals surface area contributed by atoms with Gasteiger partial charge in [0, 0.05) is 37.6 Å². The fourth-order valence-electron chi connectivity index (χ4n) is 5.32. The van der Waals surface area contributed by atoms with Crippen LogP contribution < -0.4 is 15.5 Å². The minimum absolute atomic E-state index is 0.00728. The number of nitriles is 1. The Morgan fingerprint density at radius 2 is 1.52 bits per heavy atom. The highest BCUT2D eigenvalue weighted by Crippen LogP contribution is 2.43. The number of benzene rings is 2. The Morgan fingerprint density at radius 1 is 0.881 bits per heavy atom. The first kappa shape index (κ1) is 28.4. The third-order valence-electron chi connectivity index (χ3n) is 7.38. The highest BCUT2D eigenvalue weighted by Gasteiger charge is 2.43. The van der Waals surface area contributed by atoms with Gasteiger partial charge in [0.15, 0.2) is 0 Å². The van der Waals surface area contributed by atoms with Crippen LogP contribution in [0.5, 0.6) is 0 Å². The summed E-state index contributed by atoms with van der Waals surface area (Å²) < 4.78 is 10.2. The van der Waals surface area contributed by atoms with Crippen LogP contribution >= 0.6 is 11.3 Å². The van der Waals surface area contributed by atoms with Crippen molar-refractivity contribution in [2.75, 3.05) is 50.2 Å².